The van der Waals surface area contributed by atoms with Crippen molar-refractivity contribution in [3.05, 3.63) is 43.0 Å². The van der Waals surface area contributed by atoms with Crippen molar-refractivity contribution < 1.29 is 4.74 Å². The summed E-state index contributed by atoms with van der Waals surface area (Å²) in [6, 6.07) is 9.95. The van der Waals surface area contributed by atoms with Crippen molar-refractivity contribution in [1.82, 2.24) is 4.90 Å². The van der Waals surface area contributed by atoms with Crippen molar-refractivity contribution in [2.24, 2.45) is 0 Å². The van der Waals surface area contributed by atoms with Gasteiger partial charge in [0.15, 0.2) is 6.23 Å². The number of likely N-dealkylation sites (tertiary alicyclic amines) is 1. The maximum Gasteiger partial charge on any atom is 0.171 e. The molecule has 0 radical (unpaired) electrons. The van der Waals surface area contributed by atoms with Gasteiger partial charge >= 0.3 is 0 Å². The smallest absolute Gasteiger partial charge is 0.171 e. The lowest BCUT2D eigenvalue weighted by Gasteiger charge is -2.32. The number of ether oxygens (including phenoxy) is 1. The number of nitrogens with zero attached hydrogens (tertiary/aromatic N) is 1. The Hall–Kier alpha value is -1.28. The van der Waals surface area contributed by atoms with Gasteiger partial charge in [0.05, 0.1) is 0 Å². The van der Waals surface area contributed by atoms with E-state index < -0.39 is 0 Å². The fourth-order valence-electron chi connectivity index (χ4n) is 2.08. The summed E-state index contributed by atoms with van der Waals surface area (Å²) < 4.78 is 5.91. The molecule has 2 heteroatoms. The molecular weight excluding hydrogens is 198 g/mol. The lowest BCUT2D eigenvalue weighted by molar-refractivity contribution is 0.0476. The lowest BCUT2D eigenvalue weighted by atomic mass is 10.1. The van der Waals surface area contributed by atoms with Crippen LogP contribution < -0.4 is 4.74 Å². The summed E-state index contributed by atoms with van der Waals surface area (Å²) in [5.74, 6) is 0.915. The molecule has 86 valence electrons. The number of hydrogen-bond donors (Lipinski definition) is 0. The number of rotatable bonds is 4. The SMILES string of the molecule is C=CC(Oc1ccccc1)N1CCCCC1. The Kier molecular flexibility index (Phi) is 4.00. The molecule has 0 aromatic heterocycles. The van der Waals surface area contributed by atoms with E-state index >= 15 is 0 Å². The van der Waals surface area contributed by atoms with Crippen LogP contribution in [-0.4, -0.2) is 24.2 Å². The van der Waals surface area contributed by atoms with Gasteiger partial charge in [-0.05, 0) is 31.1 Å². The van der Waals surface area contributed by atoms with E-state index in [9.17, 15) is 0 Å². The fraction of sp³-hybridized carbons (Fsp3) is 0.429. The minimum absolute atomic E-state index is 0.0164. The third-order valence-corrected chi connectivity index (χ3v) is 2.95. The number of para-hydroxylation sites is 1. The maximum absolute atomic E-state index is 5.91. The van der Waals surface area contributed by atoms with Crippen molar-refractivity contribution in [3.8, 4) is 5.75 Å². The van der Waals surface area contributed by atoms with Crippen molar-refractivity contribution in [2.75, 3.05) is 13.1 Å². The molecule has 0 amide bonds. The molecule has 1 aliphatic rings. The summed E-state index contributed by atoms with van der Waals surface area (Å²) in [6.45, 7) is 6.09. The zero-order valence-electron chi connectivity index (χ0n) is 9.64. The zero-order valence-corrected chi connectivity index (χ0v) is 9.64. The Bertz CT molecular complexity index is 317. The fourth-order valence-corrected chi connectivity index (χ4v) is 2.08. The third-order valence-electron chi connectivity index (χ3n) is 2.95. The number of hydrogen-bond acceptors (Lipinski definition) is 2. The molecule has 0 saturated carbocycles. The second-order valence-corrected chi connectivity index (χ2v) is 4.15. The molecule has 1 heterocycles. The van der Waals surface area contributed by atoms with Gasteiger partial charge < -0.3 is 4.74 Å². The molecule has 1 unspecified atom stereocenters. The zero-order chi connectivity index (χ0) is 11.2. The summed E-state index contributed by atoms with van der Waals surface area (Å²) in [5.41, 5.74) is 0. The topological polar surface area (TPSA) is 12.5 Å². The second-order valence-electron chi connectivity index (χ2n) is 4.15. The van der Waals surface area contributed by atoms with Gasteiger partial charge in [-0.3, -0.25) is 4.90 Å². The molecule has 1 aliphatic heterocycles. The van der Waals surface area contributed by atoms with E-state index in [0.29, 0.717) is 0 Å². The first-order valence-corrected chi connectivity index (χ1v) is 5.98. The van der Waals surface area contributed by atoms with E-state index in [2.05, 4.69) is 11.5 Å². The summed E-state index contributed by atoms with van der Waals surface area (Å²) >= 11 is 0. The molecule has 16 heavy (non-hydrogen) atoms. The summed E-state index contributed by atoms with van der Waals surface area (Å²) in [7, 11) is 0. The van der Waals surface area contributed by atoms with Crippen LogP contribution in [-0.2, 0) is 0 Å². The molecule has 1 fully saturated rings. The molecule has 2 rings (SSSR count). The van der Waals surface area contributed by atoms with Crippen LogP contribution >= 0.6 is 0 Å². The first kappa shape index (κ1) is 11.2. The molecule has 2 nitrogen and oxygen atoms in total. The normalized spacial score (nSPS) is 19.0. The van der Waals surface area contributed by atoms with Crippen LogP contribution in [0.4, 0.5) is 0 Å². The average Bonchev–Trinajstić information content (AvgIpc) is 2.38. The summed E-state index contributed by atoms with van der Waals surface area (Å²) in [5, 5.41) is 0. The van der Waals surface area contributed by atoms with Crippen molar-refractivity contribution in [1.29, 1.82) is 0 Å². The first-order valence-electron chi connectivity index (χ1n) is 5.98. The van der Waals surface area contributed by atoms with Crippen LogP contribution in [0.1, 0.15) is 19.3 Å². The van der Waals surface area contributed by atoms with Gasteiger partial charge in [0, 0.05) is 13.1 Å². The Morgan fingerprint density at radius 2 is 1.81 bits per heavy atom. The Morgan fingerprint density at radius 1 is 1.12 bits per heavy atom. The Morgan fingerprint density at radius 3 is 2.44 bits per heavy atom. The summed E-state index contributed by atoms with van der Waals surface area (Å²) in [6.07, 6.45) is 5.78. The maximum atomic E-state index is 5.91. The molecule has 0 bridgehead atoms. The predicted molar refractivity (Wildman–Crippen MR) is 66.5 cm³/mol. The van der Waals surface area contributed by atoms with Crippen molar-refractivity contribution in [2.45, 2.75) is 25.5 Å². The minimum Gasteiger partial charge on any atom is -0.472 e. The highest BCUT2D eigenvalue weighted by Crippen LogP contribution is 2.17. The van der Waals surface area contributed by atoms with Crippen molar-refractivity contribution in [3.63, 3.8) is 0 Å². The van der Waals surface area contributed by atoms with Crippen LogP contribution in [0.2, 0.25) is 0 Å². The van der Waals surface area contributed by atoms with Gasteiger partial charge in [0.25, 0.3) is 0 Å². The molecule has 0 aliphatic carbocycles. The monoisotopic (exact) mass is 217 g/mol. The van der Waals surface area contributed by atoms with E-state index in [4.69, 9.17) is 4.74 Å². The summed E-state index contributed by atoms with van der Waals surface area (Å²) in [4.78, 5) is 2.35. The highest BCUT2D eigenvalue weighted by molar-refractivity contribution is 5.21. The minimum atomic E-state index is 0.0164. The molecule has 0 spiro atoms. The Labute approximate surface area is 97.5 Å². The van der Waals surface area contributed by atoms with E-state index in [0.717, 1.165) is 18.8 Å². The average molecular weight is 217 g/mol. The number of benzene rings is 1. The van der Waals surface area contributed by atoms with Gasteiger partial charge in [-0.1, -0.05) is 31.2 Å². The molecule has 1 aromatic carbocycles. The van der Waals surface area contributed by atoms with E-state index in [1.165, 1.54) is 19.3 Å². The second kappa shape index (κ2) is 5.71. The van der Waals surface area contributed by atoms with Crippen molar-refractivity contribution >= 4 is 0 Å². The highest BCUT2D eigenvalue weighted by Gasteiger charge is 2.18. The first-order chi connectivity index (χ1) is 7.90. The van der Waals surface area contributed by atoms with Crippen LogP contribution in [0.25, 0.3) is 0 Å². The third kappa shape index (κ3) is 2.86. The number of piperidine rings is 1. The van der Waals surface area contributed by atoms with Gasteiger partial charge in [0.1, 0.15) is 5.75 Å². The molecule has 1 atom stereocenters. The van der Waals surface area contributed by atoms with Gasteiger partial charge in [-0.15, -0.1) is 0 Å². The van der Waals surface area contributed by atoms with E-state index in [1.807, 2.05) is 36.4 Å². The molecule has 0 N–H and O–H groups in total. The van der Waals surface area contributed by atoms with Crippen LogP contribution in [0.5, 0.6) is 5.75 Å². The molecule has 1 aromatic rings. The van der Waals surface area contributed by atoms with E-state index in [1.54, 1.807) is 0 Å². The predicted octanol–water partition coefficient (Wildman–Crippen LogP) is 3.06. The van der Waals surface area contributed by atoms with Crippen LogP contribution in [0.15, 0.2) is 43.0 Å². The van der Waals surface area contributed by atoms with Gasteiger partial charge in [0.2, 0.25) is 0 Å². The van der Waals surface area contributed by atoms with Gasteiger partial charge in [-0.25, -0.2) is 0 Å². The van der Waals surface area contributed by atoms with Crippen LogP contribution in [0, 0.1) is 0 Å². The molecule has 1 saturated heterocycles. The highest BCUT2D eigenvalue weighted by atomic mass is 16.5. The standard InChI is InChI=1S/C14H19NO/c1-2-14(15-11-7-4-8-12-15)16-13-9-5-3-6-10-13/h2-3,5-6,9-10,14H,1,4,7-8,11-12H2. The Balaban J connectivity index is 1.97. The van der Waals surface area contributed by atoms with E-state index in [-0.39, 0.29) is 6.23 Å². The van der Waals surface area contributed by atoms with Gasteiger partial charge in [-0.2, -0.15) is 0 Å². The quantitative estimate of drug-likeness (QED) is 0.719. The largest absolute Gasteiger partial charge is 0.472 e. The van der Waals surface area contributed by atoms with Crippen LogP contribution in [0.3, 0.4) is 0 Å². The molecular formula is C14H19NO. The lowest BCUT2D eigenvalue weighted by Crippen LogP contribution is -2.41.